The molecule has 2 rings (SSSR count). The molecular weight excluding hydrogens is 244 g/mol. The maximum absolute atomic E-state index is 10.9. The van der Waals surface area contributed by atoms with Crippen molar-refractivity contribution in [2.75, 3.05) is 0 Å². The van der Waals surface area contributed by atoms with Crippen LogP contribution in [0.4, 0.5) is 0 Å². The van der Waals surface area contributed by atoms with Crippen molar-refractivity contribution in [2.24, 2.45) is 0 Å². The maximum Gasteiger partial charge on any atom is 0.339 e. The van der Waals surface area contributed by atoms with E-state index in [9.17, 15) is 4.79 Å². The first-order valence-electron chi connectivity index (χ1n) is 6.15. The molecule has 0 aliphatic rings. The molecule has 100 valence electrons. The van der Waals surface area contributed by atoms with Gasteiger partial charge in [0.25, 0.3) is 0 Å². The van der Waals surface area contributed by atoms with E-state index in [0.717, 1.165) is 12.1 Å². The minimum atomic E-state index is -0.974. The van der Waals surface area contributed by atoms with Gasteiger partial charge < -0.3 is 14.8 Å². The van der Waals surface area contributed by atoms with Crippen molar-refractivity contribution in [3.8, 4) is 0 Å². The molecule has 2 N–H and O–H groups in total. The average molecular weight is 260 g/mol. The molecular formula is C14H16N2O3. The number of aromatic carboxylic acids is 1. The van der Waals surface area contributed by atoms with Gasteiger partial charge >= 0.3 is 5.97 Å². The Hall–Kier alpha value is -2.14. The van der Waals surface area contributed by atoms with Crippen molar-refractivity contribution in [3.63, 3.8) is 0 Å². The van der Waals surface area contributed by atoms with Crippen LogP contribution in [0.5, 0.6) is 0 Å². The summed E-state index contributed by atoms with van der Waals surface area (Å²) in [6.07, 6.45) is 4.07. The van der Waals surface area contributed by atoms with E-state index in [2.05, 4.69) is 17.2 Å². The Morgan fingerprint density at radius 3 is 3.00 bits per heavy atom. The molecule has 0 saturated heterocycles. The molecule has 2 heterocycles. The van der Waals surface area contributed by atoms with Crippen molar-refractivity contribution in [1.82, 2.24) is 10.3 Å². The van der Waals surface area contributed by atoms with Crippen LogP contribution in [-0.4, -0.2) is 16.1 Å². The molecule has 0 saturated carbocycles. The molecule has 0 unspecified atom stereocenters. The van der Waals surface area contributed by atoms with Gasteiger partial charge in [0.05, 0.1) is 18.5 Å². The quantitative estimate of drug-likeness (QED) is 0.833. The van der Waals surface area contributed by atoms with E-state index in [1.807, 2.05) is 12.1 Å². The van der Waals surface area contributed by atoms with Gasteiger partial charge in [-0.1, -0.05) is 13.0 Å². The SMILES string of the molecule is CCc1cccnc1CNCc1occc1C(=O)O. The number of carbonyl (C=O) groups is 1. The van der Waals surface area contributed by atoms with Gasteiger partial charge in [-0.25, -0.2) is 4.79 Å². The Labute approximate surface area is 111 Å². The summed E-state index contributed by atoms with van der Waals surface area (Å²) in [5.41, 5.74) is 2.37. The third-order valence-corrected chi connectivity index (χ3v) is 2.92. The van der Waals surface area contributed by atoms with E-state index >= 15 is 0 Å². The van der Waals surface area contributed by atoms with E-state index < -0.39 is 5.97 Å². The fourth-order valence-corrected chi connectivity index (χ4v) is 1.91. The second kappa shape index (κ2) is 6.15. The van der Waals surface area contributed by atoms with Gasteiger partial charge in [-0.15, -0.1) is 0 Å². The number of furan rings is 1. The van der Waals surface area contributed by atoms with Gasteiger partial charge in [0, 0.05) is 12.7 Å². The fourth-order valence-electron chi connectivity index (χ4n) is 1.91. The van der Waals surface area contributed by atoms with Crippen LogP contribution in [-0.2, 0) is 19.5 Å². The number of hydrogen-bond donors (Lipinski definition) is 2. The Morgan fingerprint density at radius 1 is 1.42 bits per heavy atom. The molecule has 0 atom stereocenters. The smallest absolute Gasteiger partial charge is 0.339 e. The van der Waals surface area contributed by atoms with Crippen molar-refractivity contribution >= 4 is 5.97 Å². The molecule has 0 aliphatic heterocycles. The molecule has 0 fully saturated rings. The van der Waals surface area contributed by atoms with Crippen molar-refractivity contribution < 1.29 is 14.3 Å². The summed E-state index contributed by atoms with van der Waals surface area (Å²) in [7, 11) is 0. The standard InChI is InChI=1S/C14H16N2O3/c1-2-10-4-3-6-16-12(10)8-15-9-13-11(14(17)18)5-7-19-13/h3-7,15H,2,8-9H2,1H3,(H,17,18). The number of aryl methyl sites for hydroxylation is 1. The molecule has 0 bridgehead atoms. The van der Waals surface area contributed by atoms with E-state index in [-0.39, 0.29) is 5.56 Å². The number of carboxylic acid groups (broad SMARTS) is 1. The lowest BCUT2D eigenvalue weighted by atomic mass is 10.1. The lowest BCUT2D eigenvalue weighted by Crippen LogP contribution is -2.16. The predicted molar refractivity (Wildman–Crippen MR) is 69.8 cm³/mol. The second-order valence-electron chi connectivity index (χ2n) is 4.13. The maximum atomic E-state index is 10.9. The Balaban J connectivity index is 1.96. The van der Waals surface area contributed by atoms with Gasteiger partial charge in [0.1, 0.15) is 11.3 Å². The summed E-state index contributed by atoms with van der Waals surface area (Å²) in [6.45, 7) is 3.04. The summed E-state index contributed by atoms with van der Waals surface area (Å²) < 4.78 is 5.16. The van der Waals surface area contributed by atoms with Gasteiger partial charge in [0.15, 0.2) is 0 Å². The number of nitrogens with zero attached hydrogens (tertiary/aromatic N) is 1. The van der Waals surface area contributed by atoms with Crippen LogP contribution in [0.1, 0.15) is 34.3 Å². The molecule has 0 aliphatic carbocycles. The molecule has 19 heavy (non-hydrogen) atoms. The molecule has 2 aromatic rings. The highest BCUT2D eigenvalue weighted by Crippen LogP contribution is 2.11. The first-order valence-corrected chi connectivity index (χ1v) is 6.15. The molecule has 0 radical (unpaired) electrons. The summed E-state index contributed by atoms with van der Waals surface area (Å²) in [5.74, 6) is -0.542. The number of aromatic nitrogens is 1. The van der Waals surface area contributed by atoms with Gasteiger partial charge in [-0.2, -0.15) is 0 Å². The number of rotatable bonds is 6. The first kappa shape index (κ1) is 13.3. The monoisotopic (exact) mass is 260 g/mol. The van der Waals surface area contributed by atoms with Gasteiger partial charge in [0.2, 0.25) is 0 Å². The predicted octanol–water partition coefficient (Wildman–Crippen LogP) is 2.22. The zero-order chi connectivity index (χ0) is 13.7. The fraction of sp³-hybridized carbons (Fsp3) is 0.286. The zero-order valence-electron chi connectivity index (χ0n) is 10.7. The van der Waals surface area contributed by atoms with E-state index in [4.69, 9.17) is 9.52 Å². The van der Waals surface area contributed by atoms with Gasteiger partial charge in [-0.05, 0) is 24.1 Å². The molecule has 0 amide bonds. The Morgan fingerprint density at radius 2 is 2.26 bits per heavy atom. The third-order valence-electron chi connectivity index (χ3n) is 2.92. The number of hydrogen-bond acceptors (Lipinski definition) is 4. The zero-order valence-corrected chi connectivity index (χ0v) is 10.7. The van der Waals surface area contributed by atoms with Crippen LogP contribution in [0.15, 0.2) is 35.1 Å². The normalized spacial score (nSPS) is 10.6. The van der Waals surface area contributed by atoms with Gasteiger partial charge in [-0.3, -0.25) is 4.98 Å². The van der Waals surface area contributed by atoms with Crippen molar-refractivity contribution in [3.05, 3.63) is 53.2 Å². The van der Waals surface area contributed by atoms with E-state index in [0.29, 0.717) is 18.8 Å². The molecule has 2 aromatic heterocycles. The van der Waals surface area contributed by atoms with Crippen LogP contribution in [0, 0.1) is 0 Å². The lowest BCUT2D eigenvalue weighted by molar-refractivity contribution is 0.0694. The van der Waals surface area contributed by atoms with E-state index in [1.54, 1.807) is 6.20 Å². The lowest BCUT2D eigenvalue weighted by Gasteiger charge is -2.07. The highest BCUT2D eigenvalue weighted by atomic mass is 16.4. The van der Waals surface area contributed by atoms with E-state index in [1.165, 1.54) is 17.9 Å². The number of pyridine rings is 1. The topological polar surface area (TPSA) is 75.4 Å². The van der Waals surface area contributed by atoms with Crippen LogP contribution in [0.2, 0.25) is 0 Å². The minimum absolute atomic E-state index is 0.198. The summed E-state index contributed by atoms with van der Waals surface area (Å²) in [4.78, 5) is 15.2. The third kappa shape index (κ3) is 3.20. The number of carboxylic acids is 1. The highest BCUT2D eigenvalue weighted by Gasteiger charge is 2.12. The molecule has 5 heteroatoms. The number of nitrogens with one attached hydrogen (secondary N) is 1. The first-order chi connectivity index (χ1) is 9.22. The van der Waals surface area contributed by atoms with Crippen LogP contribution in [0.25, 0.3) is 0 Å². The molecule has 0 spiro atoms. The van der Waals surface area contributed by atoms with Crippen LogP contribution >= 0.6 is 0 Å². The summed E-state index contributed by atoms with van der Waals surface area (Å²) in [5, 5.41) is 12.1. The minimum Gasteiger partial charge on any atom is -0.478 e. The molecule has 0 aromatic carbocycles. The van der Waals surface area contributed by atoms with Crippen LogP contribution in [0.3, 0.4) is 0 Å². The summed E-state index contributed by atoms with van der Waals surface area (Å²) >= 11 is 0. The van der Waals surface area contributed by atoms with Crippen molar-refractivity contribution in [1.29, 1.82) is 0 Å². The second-order valence-corrected chi connectivity index (χ2v) is 4.13. The Bertz CT molecular complexity index is 563. The molecule has 5 nitrogen and oxygen atoms in total. The highest BCUT2D eigenvalue weighted by molar-refractivity contribution is 5.88. The van der Waals surface area contributed by atoms with Crippen molar-refractivity contribution in [2.45, 2.75) is 26.4 Å². The Kier molecular flexibility index (Phi) is 4.30. The van der Waals surface area contributed by atoms with Crippen LogP contribution < -0.4 is 5.32 Å². The largest absolute Gasteiger partial charge is 0.478 e. The average Bonchev–Trinajstić information content (AvgIpc) is 2.88. The summed E-state index contributed by atoms with van der Waals surface area (Å²) in [6, 6.07) is 5.41.